The van der Waals surface area contributed by atoms with E-state index in [0.29, 0.717) is 37.9 Å². The number of carboxylic acid groups (broad SMARTS) is 1. The zero-order valence-electron chi connectivity index (χ0n) is 18.0. The molecule has 3 rings (SSSR count). The Morgan fingerprint density at radius 3 is 2.52 bits per heavy atom. The van der Waals surface area contributed by atoms with Gasteiger partial charge in [0.25, 0.3) is 11.8 Å². The number of aryl methyl sites for hydroxylation is 1. The van der Waals surface area contributed by atoms with E-state index in [1.165, 1.54) is 6.07 Å². The molecule has 176 valence electrons. The van der Waals surface area contributed by atoms with Gasteiger partial charge in [0, 0.05) is 25.9 Å². The number of hydrogen-bond acceptors (Lipinski definition) is 6. The number of carbonyl (C=O) groups excluding carboxylic acids is 5. The third-order valence-electron chi connectivity index (χ3n) is 5.61. The number of benzene rings is 1. The SMILES string of the molecule is O=C(O)NCCCCNC(=O)CCc1cccc2c1C(=O)N(C1CCCC(=O)NC1=O)C2=O. The Morgan fingerprint density at radius 1 is 1.06 bits per heavy atom. The molecule has 11 nitrogen and oxygen atoms in total. The molecule has 0 bridgehead atoms. The molecule has 1 fully saturated rings. The first-order chi connectivity index (χ1) is 15.8. The van der Waals surface area contributed by atoms with Crippen molar-refractivity contribution in [2.45, 2.75) is 51.0 Å². The lowest BCUT2D eigenvalue weighted by atomic mass is 9.99. The van der Waals surface area contributed by atoms with Gasteiger partial charge in [0.2, 0.25) is 17.7 Å². The summed E-state index contributed by atoms with van der Waals surface area (Å²) in [6, 6.07) is 3.78. The molecule has 0 radical (unpaired) electrons. The van der Waals surface area contributed by atoms with Gasteiger partial charge in [-0.05, 0) is 43.7 Å². The van der Waals surface area contributed by atoms with E-state index >= 15 is 0 Å². The van der Waals surface area contributed by atoms with Gasteiger partial charge < -0.3 is 15.7 Å². The lowest BCUT2D eigenvalue weighted by Gasteiger charge is -2.23. The Kier molecular flexibility index (Phi) is 7.75. The Hall–Kier alpha value is -3.76. The fourth-order valence-corrected chi connectivity index (χ4v) is 3.99. The van der Waals surface area contributed by atoms with Crippen LogP contribution < -0.4 is 16.0 Å². The van der Waals surface area contributed by atoms with Crippen LogP contribution in [-0.2, 0) is 20.8 Å². The topological polar surface area (TPSA) is 162 Å². The molecule has 6 amide bonds. The molecular weight excluding hydrogens is 432 g/mol. The summed E-state index contributed by atoms with van der Waals surface area (Å²) in [6.45, 7) is 0.703. The fourth-order valence-electron chi connectivity index (χ4n) is 3.99. The Labute approximate surface area is 189 Å². The summed E-state index contributed by atoms with van der Waals surface area (Å²) < 4.78 is 0. The van der Waals surface area contributed by atoms with E-state index in [9.17, 15) is 28.8 Å². The molecule has 4 N–H and O–H groups in total. The van der Waals surface area contributed by atoms with E-state index in [1.807, 2.05) is 0 Å². The number of fused-ring (bicyclic) bond motifs is 1. The van der Waals surface area contributed by atoms with E-state index in [-0.39, 0.29) is 42.7 Å². The highest BCUT2D eigenvalue weighted by Gasteiger charge is 2.44. The largest absolute Gasteiger partial charge is 0.465 e. The van der Waals surface area contributed by atoms with Crippen LogP contribution in [0, 0.1) is 0 Å². The molecule has 0 aromatic heterocycles. The van der Waals surface area contributed by atoms with E-state index in [2.05, 4.69) is 16.0 Å². The molecule has 1 unspecified atom stereocenters. The number of unbranched alkanes of at least 4 members (excludes halogenated alkanes) is 1. The summed E-state index contributed by atoms with van der Waals surface area (Å²) in [5, 5.41) is 15.7. The highest BCUT2D eigenvalue weighted by molar-refractivity contribution is 6.23. The molecule has 0 aliphatic carbocycles. The first-order valence-electron chi connectivity index (χ1n) is 10.9. The van der Waals surface area contributed by atoms with Crippen molar-refractivity contribution < 1.29 is 33.9 Å². The van der Waals surface area contributed by atoms with Crippen LogP contribution in [0.2, 0.25) is 0 Å². The van der Waals surface area contributed by atoms with Crippen LogP contribution in [-0.4, -0.2) is 64.8 Å². The minimum Gasteiger partial charge on any atom is -0.465 e. The number of nitrogens with zero attached hydrogens (tertiary/aromatic N) is 1. The van der Waals surface area contributed by atoms with Gasteiger partial charge in [-0.25, -0.2) is 4.79 Å². The van der Waals surface area contributed by atoms with Crippen LogP contribution in [0.1, 0.15) is 64.8 Å². The van der Waals surface area contributed by atoms with Crippen molar-refractivity contribution in [3.8, 4) is 0 Å². The van der Waals surface area contributed by atoms with Crippen LogP contribution in [0.4, 0.5) is 4.79 Å². The Morgan fingerprint density at radius 2 is 1.79 bits per heavy atom. The summed E-state index contributed by atoms with van der Waals surface area (Å²) in [5.41, 5.74) is 0.921. The minimum absolute atomic E-state index is 0.101. The first-order valence-corrected chi connectivity index (χ1v) is 10.9. The quantitative estimate of drug-likeness (QED) is 0.311. The second kappa shape index (κ2) is 10.7. The molecule has 1 saturated heterocycles. The molecule has 2 aliphatic heterocycles. The predicted molar refractivity (Wildman–Crippen MR) is 114 cm³/mol. The van der Waals surface area contributed by atoms with Crippen molar-refractivity contribution in [1.82, 2.24) is 20.9 Å². The minimum atomic E-state index is -1.09. The number of amides is 6. The van der Waals surface area contributed by atoms with E-state index in [0.717, 1.165) is 4.90 Å². The van der Waals surface area contributed by atoms with Gasteiger partial charge in [-0.15, -0.1) is 0 Å². The normalized spacial score (nSPS) is 17.9. The van der Waals surface area contributed by atoms with Crippen LogP contribution in [0.5, 0.6) is 0 Å². The van der Waals surface area contributed by atoms with Crippen molar-refractivity contribution in [1.29, 1.82) is 0 Å². The third kappa shape index (κ3) is 5.73. The third-order valence-corrected chi connectivity index (χ3v) is 5.61. The van der Waals surface area contributed by atoms with Gasteiger partial charge in [-0.1, -0.05) is 12.1 Å². The van der Waals surface area contributed by atoms with E-state index < -0.39 is 35.8 Å². The van der Waals surface area contributed by atoms with Gasteiger partial charge in [0.15, 0.2) is 0 Å². The predicted octanol–water partition coefficient (Wildman–Crippen LogP) is 0.575. The Balaban J connectivity index is 1.60. The number of hydrogen-bond donors (Lipinski definition) is 4. The van der Waals surface area contributed by atoms with Crippen molar-refractivity contribution in [2.24, 2.45) is 0 Å². The summed E-state index contributed by atoms with van der Waals surface area (Å²) >= 11 is 0. The Bertz CT molecular complexity index is 991. The highest BCUT2D eigenvalue weighted by Crippen LogP contribution is 2.30. The summed E-state index contributed by atoms with van der Waals surface area (Å²) in [6.07, 6.45) is 1.20. The molecule has 0 spiro atoms. The maximum atomic E-state index is 13.1. The van der Waals surface area contributed by atoms with Crippen molar-refractivity contribution >= 4 is 35.6 Å². The van der Waals surface area contributed by atoms with Crippen LogP contribution in [0.25, 0.3) is 0 Å². The van der Waals surface area contributed by atoms with Crippen molar-refractivity contribution in [3.63, 3.8) is 0 Å². The summed E-state index contributed by atoms with van der Waals surface area (Å²) in [4.78, 5) is 73.5. The monoisotopic (exact) mass is 458 g/mol. The number of carbonyl (C=O) groups is 6. The molecule has 1 atom stereocenters. The van der Waals surface area contributed by atoms with Gasteiger partial charge in [-0.2, -0.15) is 0 Å². The molecule has 33 heavy (non-hydrogen) atoms. The molecular formula is C22H26N4O7. The molecule has 2 aliphatic rings. The van der Waals surface area contributed by atoms with Crippen LogP contribution >= 0.6 is 0 Å². The van der Waals surface area contributed by atoms with Crippen molar-refractivity contribution in [3.05, 3.63) is 34.9 Å². The van der Waals surface area contributed by atoms with Crippen LogP contribution in [0.15, 0.2) is 18.2 Å². The number of imide groups is 2. The van der Waals surface area contributed by atoms with Gasteiger partial charge in [0.05, 0.1) is 11.1 Å². The highest BCUT2D eigenvalue weighted by atomic mass is 16.4. The van der Waals surface area contributed by atoms with Gasteiger partial charge in [-0.3, -0.25) is 34.2 Å². The van der Waals surface area contributed by atoms with E-state index in [1.54, 1.807) is 12.1 Å². The fraction of sp³-hybridized carbons (Fsp3) is 0.455. The number of rotatable bonds is 9. The smallest absolute Gasteiger partial charge is 0.404 e. The second-order valence-corrected chi connectivity index (χ2v) is 7.93. The average Bonchev–Trinajstić information content (AvgIpc) is 2.90. The van der Waals surface area contributed by atoms with E-state index in [4.69, 9.17) is 5.11 Å². The summed E-state index contributed by atoms with van der Waals surface area (Å²) in [7, 11) is 0. The maximum absolute atomic E-state index is 13.1. The average molecular weight is 458 g/mol. The molecule has 1 aromatic carbocycles. The second-order valence-electron chi connectivity index (χ2n) is 7.93. The van der Waals surface area contributed by atoms with Crippen molar-refractivity contribution in [2.75, 3.05) is 13.1 Å². The number of nitrogens with one attached hydrogen (secondary N) is 3. The maximum Gasteiger partial charge on any atom is 0.404 e. The molecule has 2 heterocycles. The zero-order valence-corrected chi connectivity index (χ0v) is 18.0. The lowest BCUT2D eigenvalue weighted by molar-refractivity contribution is -0.131. The van der Waals surface area contributed by atoms with Gasteiger partial charge >= 0.3 is 6.09 Å². The lowest BCUT2D eigenvalue weighted by Crippen LogP contribution is -2.49. The standard InChI is InChI=1S/C22H26N4O7/c27-16(23-11-1-2-12-24-22(32)33)10-9-13-5-3-6-14-18(13)21(31)26(20(14)30)15-7-4-8-17(28)25-19(15)29/h3,5-6,15,24H,1-2,4,7-12H2,(H,23,27)(H,32,33)(H,25,28,29). The first kappa shape index (κ1) is 23.9. The van der Waals surface area contributed by atoms with Crippen LogP contribution in [0.3, 0.4) is 0 Å². The molecule has 11 heteroatoms. The van der Waals surface area contributed by atoms with Gasteiger partial charge in [0.1, 0.15) is 6.04 Å². The molecule has 1 aromatic rings. The zero-order chi connectivity index (χ0) is 24.0. The summed E-state index contributed by atoms with van der Waals surface area (Å²) in [5.74, 6) is -2.48. The molecule has 0 saturated carbocycles.